The number of aliphatic imine (C=N–C) groups is 1. The summed E-state index contributed by atoms with van der Waals surface area (Å²) in [6.07, 6.45) is 1.95. The third kappa shape index (κ3) is 5.55. The van der Waals surface area contributed by atoms with E-state index in [-0.39, 0.29) is 22.2 Å². The summed E-state index contributed by atoms with van der Waals surface area (Å²) in [7, 11) is 0. The maximum absolute atomic E-state index is 7.02. The van der Waals surface area contributed by atoms with Gasteiger partial charge in [0, 0.05) is 39.6 Å². The minimum absolute atomic E-state index is 0.00814. The molecule has 8 rings (SSSR count). The SMILES string of the molecule is Cc1cc2c3cc(C(C)(C)C)cc4c3n(c2cc1Oc1cc(C2=N[C@](C)(C(C)C)[C@@](C)(c3ccccc3)O2)cc(C(C)(C)C)c1)-c1nccc(C)c1C4(C)C. The van der Waals surface area contributed by atoms with Crippen LogP contribution in [0.2, 0.25) is 0 Å². The second kappa shape index (κ2) is 12.0. The molecule has 0 unspecified atom stereocenters. The highest BCUT2D eigenvalue weighted by atomic mass is 16.5. The van der Waals surface area contributed by atoms with Crippen LogP contribution in [0.1, 0.15) is 128 Å². The summed E-state index contributed by atoms with van der Waals surface area (Å²) in [6, 6.07) is 28.6. The topological polar surface area (TPSA) is 48.6 Å². The summed E-state index contributed by atoms with van der Waals surface area (Å²) in [4.78, 5) is 10.5. The van der Waals surface area contributed by atoms with Gasteiger partial charge < -0.3 is 9.47 Å². The zero-order chi connectivity index (χ0) is 39.6. The van der Waals surface area contributed by atoms with Crippen LogP contribution < -0.4 is 4.74 Å². The molecule has 4 aromatic carbocycles. The van der Waals surface area contributed by atoms with Gasteiger partial charge in [-0.1, -0.05) is 106 Å². The summed E-state index contributed by atoms with van der Waals surface area (Å²) in [5.41, 5.74) is 10.3. The van der Waals surface area contributed by atoms with E-state index in [1.165, 1.54) is 38.5 Å². The quantitative estimate of drug-likeness (QED) is 0.177. The number of nitrogens with zero attached hydrogens (tertiary/aromatic N) is 3. The first-order valence-corrected chi connectivity index (χ1v) is 19.9. The lowest BCUT2D eigenvalue weighted by Gasteiger charge is -2.40. The minimum Gasteiger partial charge on any atom is -0.464 e. The van der Waals surface area contributed by atoms with Crippen LogP contribution in [0.4, 0.5) is 0 Å². The predicted octanol–water partition coefficient (Wildman–Crippen LogP) is 12.9. The zero-order valence-electron chi connectivity index (χ0n) is 35.3. The molecule has 0 fully saturated rings. The van der Waals surface area contributed by atoms with Crippen molar-refractivity contribution in [3.8, 4) is 17.3 Å². The monoisotopic (exact) mass is 731 g/mol. The Morgan fingerprint density at radius 2 is 1.42 bits per heavy atom. The average Bonchev–Trinajstić information content (AvgIpc) is 3.58. The van der Waals surface area contributed by atoms with Crippen molar-refractivity contribution in [3.05, 3.63) is 130 Å². The van der Waals surface area contributed by atoms with Crippen LogP contribution in [-0.4, -0.2) is 21.0 Å². The Morgan fingerprint density at radius 3 is 2.07 bits per heavy atom. The predicted molar refractivity (Wildman–Crippen MR) is 229 cm³/mol. The summed E-state index contributed by atoms with van der Waals surface area (Å²) in [5.74, 6) is 3.46. The van der Waals surface area contributed by atoms with Gasteiger partial charge in [-0.15, -0.1) is 0 Å². The molecule has 284 valence electrons. The van der Waals surface area contributed by atoms with Crippen molar-refractivity contribution >= 4 is 27.7 Å². The van der Waals surface area contributed by atoms with E-state index in [0.717, 1.165) is 45.1 Å². The van der Waals surface area contributed by atoms with E-state index >= 15 is 0 Å². The van der Waals surface area contributed by atoms with Gasteiger partial charge in [0.1, 0.15) is 22.9 Å². The van der Waals surface area contributed by atoms with Crippen molar-refractivity contribution in [1.29, 1.82) is 0 Å². The standard InChI is InChI=1S/C50H57N3O2/c1-29(2)49(13)50(14,33-18-16-15-17-19-33)55-45(52-49)32-23-34(46(5,6)7)25-36(24-32)54-41-28-40-37(22-31(41)4)38-26-35(47(8,9)10)27-39-43(38)53(40)44-42(48(39,11)12)30(3)20-21-51-44/h15-29H,1-14H3/t49-,50-/m1/s1. The Hall–Kier alpha value is -4.90. The van der Waals surface area contributed by atoms with Crippen molar-refractivity contribution in [2.24, 2.45) is 10.9 Å². The molecule has 0 saturated heterocycles. The highest BCUT2D eigenvalue weighted by molar-refractivity contribution is 6.12. The van der Waals surface area contributed by atoms with E-state index in [0.29, 0.717) is 5.90 Å². The van der Waals surface area contributed by atoms with Crippen molar-refractivity contribution in [1.82, 2.24) is 9.55 Å². The van der Waals surface area contributed by atoms with Crippen LogP contribution in [0.15, 0.2) is 90.1 Å². The molecule has 0 spiro atoms. The van der Waals surface area contributed by atoms with Gasteiger partial charge in [0.2, 0.25) is 5.90 Å². The number of hydrogen-bond acceptors (Lipinski definition) is 4. The molecule has 2 aliphatic heterocycles. The molecule has 0 aliphatic carbocycles. The number of pyridine rings is 1. The lowest BCUT2D eigenvalue weighted by molar-refractivity contribution is 0.00857. The van der Waals surface area contributed by atoms with E-state index in [2.05, 4.69) is 180 Å². The number of rotatable bonds is 5. The Balaban J connectivity index is 1.31. The van der Waals surface area contributed by atoms with Gasteiger partial charge >= 0.3 is 0 Å². The van der Waals surface area contributed by atoms with Crippen molar-refractivity contribution in [2.75, 3.05) is 0 Å². The lowest BCUT2D eigenvalue weighted by Crippen LogP contribution is -2.47. The van der Waals surface area contributed by atoms with Crippen molar-refractivity contribution < 1.29 is 9.47 Å². The molecule has 0 bridgehead atoms. The molecule has 0 saturated carbocycles. The number of fused-ring (bicyclic) bond motifs is 5. The van der Waals surface area contributed by atoms with Gasteiger partial charge in [-0.2, -0.15) is 0 Å². The second-order valence-electron chi connectivity index (χ2n) is 19.4. The minimum atomic E-state index is -0.639. The van der Waals surface area contributed by atoms with Gasteiger partial charge in [0.25, 0.3) is 0 Å². The third-order valence-electron chi connectivity index (χ3n) is 13.0. The van der Waals surface area contributed by atoms with Crippen LogP contribution in [0, 0.1) is 19.8 Å². The Morgan fingerprint density at radius 1 is 0.745 bits per heavy atom. The Labute approximate surface area is 327 Å². The first-order chi connectivity index (χ1) is 25.6. The summed E-state index contributed by atoms with van der Waals surface area (Å²) in [5, 5.41) is 2.47. The molecule has 5 nitrogen and oxygen atoms in total. The third-order valence-corrected chi connectivity index (χ3v) is 13.0. The first kappa shape index (κ1) is 37.0. The second-order valence-corrected chi connectivity index (χ2v) is 19.4. The highest BCUT2D eigenvalue weighted by Crippen LogP contribution is 2.51. The van der Waals surface area contributed by atoms with E-state index < -0.39 is 11.1 Å². The average molecular weight is 732 g/mol. The molecule has 4 heterocycles. The molecule has 2 aliphatic rings. The van der Waals surface area contributed by atoms with Crippen LogP contribution in [0.5, 0.6) is 11.5 Å². The van der Waals surface area contributed by atoms with Crippen molar-refractivity contribution in [3.63, 3.8) is 0 Å². The summed E-state index contributed by atoms with van der Waals surface area (Å²) >= 11 is 0. The molecule has 2 aromatic heterocycles. The highest BCUT2D eigenvalue weighted by Gasteiger charge is 2.55. The number of benzene rings is 4. The summed E-state index contributed by atoms with van der Waals surface area (Å²) in [6.45, 7) is 31.6. The van der Waals surface area contributed by atoms with Crippen LogP contribution in [0.25, 0.3) is 27.6 Å². The van der Waals surface area contributed by atoms with E-state index in [9.17, 15) is 0 Å². The molecular formula is C50H57N3O2. The molecule has 2 atom stereocenters. The van der Waals surface area contributed by atoms with E-state index in [4.69, 9.17) is 19.5 Å². The normalized spacial score (nSPS) is 20.5. The molecule has 0 amide bonds. The number of aromatic nitrogens is 2. The van der Waals surface area contributed by atoms with Crippen molar-refractivity contribution in [2.45, 2.75) is 124 Å². The fraction of sp³-hybridized carbons (Fsp3) is 0.400. The van der Waals surface area contributed by atoms with Crippen LogP contribution in [0.3, 0.4) is 0 Å². The van der Waals surface area contributed by atoms with E-state index in [1.54, 1.807) is 0 Å². The lowest BCUT2D eigenvalue weighted by atomic mass is 9.72. The molecule has 5 heteroatoms. The van der Waals surface area contributed by atoms with Gasteiger partial charge in [-0.3, -0.25) is 4.57 Å². The molecule has 55 heavy (non-hydrogen) atoms. The maximum atomic E-state index is 7.02. The zero-order valence-corrected chi connectivity index (χ0v) is 35.3. The maximum Gasteiger partial charge on any atom is 0.217 e. The Kier molecular flexibility index (Phi) is 8.12. The molecule has 0 N–H and O–H groups in total. The van der Waals surface area contributed by atoms with Gasteiger partial charge in [0.15, 0.2) is 5.60 Å². The fourth-order valence-electron chi connectivity index (χ4n) is 9.03. The van der Waals surface area contributed by atoms with E-state index in [1.807, 2.05) is 6.20 Å². The van der Waals surface area contributed by atoms with Gasteiger partial charge in [-0.05, 0) is 114 Å². The Bertz CT molecular complexity index is 2560. The molecule has 6 aromatic rings. The van der Waals surface area contributed by atoms with Gasteiger partial charge in [-0.25, -0.2) is 9.98 Å². The molecule has 0 radical (unpaired) electrons. The number of ether oxygens (including phenoxy) is 2. The summed E-state index contributed by atoms with van der Waals surface area (Å²) < 4.78 is 16.4. The van der Waals surface area contributed by atoms with Crippen LogP contribution >= 0.6 is 0 Å². The smallest absolute Gasteiger partial charge is 0.217 e. The van der Waals surface area contributed by atoms with Crippen LogP contribution in [-0.2, 0) is 26.6 Å². The first-order valence-electron chi connectivity index (χ1n) is 19.9. The largest absolute Gasteiger partial charge is 0.464 e. The molecular weight excluding hydrogens is 675 g/mol. The number of hydrogen-bond donors (Lipinski definition) is 0. The van der Waals surface area contributed by atoms with Gasteiger partial charge in [0.05, 0.1) is 11.0 Å². The fourth-order valence-corrected chi connectivity index (χ4v) is 9.03. The number of aryl methyl sites for hydroxylation is 2.